The fourth-order valence-corrected chi connectivity index (χ4v) is 2.79. The van der Waals surface area contributed by atoms with Crippen molar-refractivity contribution in [3.05, 3.63) is 0 Å². The van der Waals surface area contributed by atoms with Crippen molar-refractivity contribution in [3.63, 3.8) is 0 Å². The van der Waals surface area contributed by atoms with Gasteiger partial charge in [0.1, 0.15) is 0 Å². The van der Waals surface area contributed by atoms with E-state index in [1.807, 2.05) is 0 Å². The van der Waals surface area contributed by atoms with Crippen molar-refractivity contribution in [2.75, 3.05) is 18.8 Å². The maximum Gasteiger partial charge on any atom is 0.255 e. The van der Waals surface area contributed by atoms with Gasteiger partial charge in [-0.2, -0.15) is 0 Å². The molecule has 0 aromatic heterocycles. The normalized spacial score (nSPS) is 20.2. The van der Waals surface area contributed by atoms with Crippen LogP contribution in [0.4, 0.5) is 8.78 Å². The lowest BCUT2D eigenvalue weighted by Crippen LogP contribution is -2.36. The molecule has 0 amide bonds. The molecule has 0 fully saturated rings. The van der Waals surface area contributed by atoms with Crippen molar-refractivity contribution in [2.45, 2.75) is 33.1 Å². The maximum atomic E-state index is 11.9. The number of halogens is 2. The molecule has 0 unspecified atom stereocenters. The molecule has 1 aliphatic heterocycles. The van der Waals surface area contributed by atoms with Crippen molar-refractivity contribution in [3.8, 4) is 0 Å². The molecule has 0 aliphatic carbocycles. The van der Waals surface area contributed by atoms with Crippen LogP contribution in [0.2, 0.25) is 0 Å². The number of aliphatic imine (C=N–C) groups is 1. The highest BCUT2D eigenvalue weighted by Gasteiger charge is 2.30. The Morgan fingerprint density at radius 1 is 1.47 bits per heavy atom. The van der Waals surface area contributed by atoms with E-state index in [0.717, 1.165) is 25.1 Å². The largest absolute Gasteiger partial charge is 0.359 e. The Hall–Kier alpha value is -0.320. The number of rotatable bonds is 4. The number of hydrogen-bond acceptors (Lipinski definition) is 3. The summed E-state index contributed by atoms with van der Waals surface area (Å²) in [5.41, 5.74) is 0.278. The molecule has 0 radical (unpaired) electrons. The van der Waals surface area contributed by atoms with E-state index in [1.54, 1.807) is 11.8 Å². The van der Waals surface area contributed by atoms with E-state index in [9.17, 15) is 8.78 Å². The minimum absolute atomic E-state index is 0.278. The maximum absolute atomic E-state index is 11.9. The summed E-state index contributed by atoms with van der Waals surface area (Å²) in [5, 5.41) is 3.34. The first-order valence-corrected chi connectivity index (χ1v) is 6.29. The van der Waals surface area contributed by atoms with E-state index in [2.05, 4.69) is 24.2 Å². The third kappa shape index (κ3) is 3.63. The van der Waals surface area contributed by atoms with Crippen LogP contribution in [-0.2, 0) is 0 Å². The zero-order valence-electron chi connectivity index (χ0n) is 9.22. The highest BCUT2D eigenvalue weighted by atomic mass is 32.2. The summed E-state index contributed by atoms with van der Waals surface area (Å²) in [6.07, 6.45) is -0.109. The zero-order valence-corrected chi connectivity index (χ0v) is 10.0. The van der Waals surface area contributed by atoms with Gasteiger partial charge < -0.3 is 5.32 Å². The number of thioether (sulfide) groups is 1. The summed E-state index contributed by atoms with van der Waals surface area (Å²) >= 11 is 1.57. The molecular formula is C10H18F2N2S. The van der Waals surface area contributed by atoms with Crippen molar-refractivity contribution in [1.29, 1.82) is 0 Å². The molecule has 0 saturated heterocycles. The van der Waals surface area contributed by atoms with Crippen LogP contribution < -0.4 is 5.32 Å². The SMILES string of the molecule is CCC1(CC)CN=C(NCC(F)F)SC1. The van der Waals surface area contributed by atoms with Crippen molar-refractivity contribution in [1.82, 2.24) is 5.32 Å². The number of amidine groups is 1. The van der Waals surface area contributed by atoms with Gasteiger partial charge in [-0.25, -0.2) is 8.78 Å². The van der Waals surface area contributed by atoms with Crippen molar-refractivity contribution < 1.29 is 8.78 Å². The summed E-state index contributed by atoms with van der Waals surface area (Å²) in [6.45, 7) is 4.80. The molecule has 0 bridgehead atoms. The van der Waals surface area contributed by atoms with E-state index in [-0.39, 0.29) is 12.0 Å². The smallest absolute Gasteiger partial charge is 0.255 e. The average Bonchev–Trinajstić information content (AvgIpc) is 2.27. The van der Waals surface area contributed by atoms with E-state index in [4.69, 9.17) is 0 Å². The van der Waals surface area contributed by atoms with Crippen LogP contribution in [0, 0.1) is 5.41 Å². The van der Waals surface area contributed by atoms with Gasteiger partial charge in [0.05, 0.1) is 6.54 Å². The van der Waals surface area contributed by atoms with Gasteiger partial charge in [0.2, 0.25) is 0 Å². The molecule has 1 N–H and O–H groups in total. The quantitative estimate of drug-likeness (QED) is 0.811. The molecule has 1 aliphatic rings. The molecule has 15 heavy (non-hydrogen) atoms. The highest BCUT2D eigenvalue weighted by Crippen LogP contribution is 2.34. The number of hydrogen-bond donors (Lipinski definition) is 1. The summed E-state index contributed by atoms with van der Waals surface area (Å²) in [6, 6.07) is 0. The van der Waals surface area contributed by atoms with Gasteiger partial charge in [0.15, 0.2) is 5.17 Å². The highest BCUT2D eigenvalue weighted by molar-refractivity contribution is 8.13. The molecule has 5 heteroatoms. The molecule has 2 nitrogen and oxygen atoms in total. The van der Waals surface area contributed by atoms with Gasteiger partial charge in [-0.3, -0.25) is 4.99 Å². The number of nitrogens with zero attached hydrogens (tertiary/aromatic N) is 1. The Labute approximate surface area is 93.9 Å². The van der Waals surface area contributed by atoms with E-state index in [0.29, 0.717) is 5.17 Å². The lowest BCUT2D eigenvalue weighted by atomic mass is 9.84. The lowest BCUT2D eigenvalue weighted by molar-refractivity contribution is 0.152. The van der Waals surface area contributed by atoms with Crippen LogP contribution in [-0.4, -0.2) is 30.4 Å². The van der Waals surface area contributed by atoms with Crippen LogP contribution in [0.1, 0.15) is 26.7 Å². The average molecular weight is 236 g/mol. The fraction of sp³-hybridized carbons (Fsp3) is 0.900. The summed E-state index contributed by atoms with van der Waals surface area (Å²) in [4.78, 5) is 4.33. The molecule has 0 aromatic rings. The van der Waals surface area contributed by atoms with Gasteiger partial charge in [-0.1, -0.05) is 25.6 Å². The standard InChI is InChI=1S/C10H18F2N2S/c1-3-10(4-2)6-14-9(15-7-10)13-5-8(11)12/h8H,3-7H2,1-2H3,(H,13,14). The second-order valence-electron chi connectivity index (χ2n) is 3.89. The Morgan fingerprint density at radius 3 is 2.53 bits per heavy atom. The first-order valence-electron chi connectivity index (χ1n) is 5.31. The molecule has 0 spiro atoms. The zero-order chi connectivity index (χ0) is 11.3. The van der Waals surface area contributed by atoms with E-state index >= 15 is 0 Å². The molecule has 1 heterocycles. The van der Waals surface area contributed by atoms with Crippen LogP contribution in [0.3, 0.4) is 0 Å². The Morgan fingerprint density at radius 2 is 2.13 bits per heavy atom. The summed E-state index contributed by atoms with van der Waals surface area (Å²) in [7, 11) is 0. The summed E-state index contributed by atoms with van der Waals surface area (Å²) in [5.74, 6) is 0.981. The molecule has 88 valence electrons. The monoisotopic (exact) mass is 236 g/mol. The third-order valence-corrected chi connectivity index (χ3v) is 4.28. The van der Waals surface area contributed by atoms with Gasteiger partial charge in [0.25, 0.3) is 6.43 Å². The Bertz CT molecular complexity index is 227. The van der Waals surface area contributed by atoms with Gasteiger partial charge in [0, 0.05) is 12.3 Å². The molecule has 0 saturated carbocycles. The topological polar surface area (TPSA) is 24.4 Å². The predicted octanol–water partition coefficient (Wildman–Crippen LogP) is 2.75. The van der Waals surface area contributed by atoms with Gasteiger partial charge in [-0.05, 0) is 18.3 Å². The third-order valence-electron chi connectivity index (χ3n) is 2.98. The number of nitrogens with one attached hydrogen (secondary N) is 1. The first-order chi connectivity index (χ1) is 7.12. The van der Waals surface area contributed by atoms with E-state index in [1.165, 1.54) is 0 Å². The fourth-order valence-electron chi connectivity index (χ4n) is 1.50. The predicted molar refractivity (Wildman–Crippen MR) is 61.8 cm³/mol. The second-order valence-corrected chi connectivity index (χ2v) is 4.85. The second kappa shape index (κ2) is 5.68. The molecule has 0 aromatic carbocycles. The van der Waals surface area contributed by atoms with Crippen molar-refractivity contribution in [2.24, 2.45) is 10.4 Å². The Balaban J connectivity index is 2.43. The van der Waals surface area contributed by atoms with E-state index < -0.39 is 6.43 Å². The minimum Gasteiger partial charge on any atom is -0.359 e. The molecule has 0 atom stereocenters. The minimum atomic E-state index is -2.31. The van der Waals surface area contributed by atoms with Gasteiger partial charge >= 0.3 is 0 Å². The van der Waals surface area contributed by atoms with Crippen LogP contribution in [0.15, 0.2) is 4.99 Å². The summed E-state index contributed by atoms with van der Waals surface area (Å²) < 4.78 is 23.9. The van der Waals surface area contributed by atoms with Gasteiger partial charge in [-0.15, -0.1) is 0 Å². The van der Waals surface area contributed by atoms with Crippen molar-refractivity contribution >= 4 is 16.9 Å². The van der Waals surface area contributed by atoms with Crippen LogP contribution in [0.25, 0.3) is 0 Å². The first kappa shape index (κ1) is 12.7. The molecule has 1 rings (SSSR count). The van der Waals surface area contributed by atoms with Crippen LogP contribution >= 0.6 is 11.8 Å². The van der Waals surface area contributed by atoms with Crippen LogP contribution in [0.5, 0.6) is 0 Å². The Kier molecular flexibility index (Phi) is 4.83. The lowest BCUT2D eigenvalue weighted by Gasteiger charge is -2.33. The number of alkyl halides is 2. The molecular weight excluding hydrogens is 218 g/mol.